The molecule has 0 fully saturated rings. The van der Waals surface area contributed by atoms with Crippen molar-refractivity contribution >= 4 is 80.9 Å². The highest BCUT2D eigenvalue weighted by molar-refractivity contribution is 14.1. The van der Waals surface area contributed by atoms with Gasteiger partial charge in [-0.2, -0.15) is 0 Å². The summed E-state index contributed by atoms with van der Waals surface area (Å²) < 4.78 is 4.10. The van der Waals surface area contributed by atoms with Gasteiger partial charge in [0.1, 0.15) is 0 Å². The molecule has 0 aliphatic carbocycles. The Morgan fingerprint density at radius 2 is 1.42 bits per heavy atom. The Morgan fingerprint density at radius 1 is 0.875 bits per heavy atom. The van der Waals surface area contributed by atoms with Crippen molar-refractivity contribution in [3.63, 3.8) is 0 Å². The number of unbranched alkanes of at least 4 members (excludes halogenated alkanes) is 1. The smallest absolute Gasteiger partial charge is 0.0604 e. The van der Waals surface area contributed by atoms with Gasteiger partial charge in [0.25, 0.3) is 0 Å². The third-order valence-corrected chi connectivity index (χ3v) is 8.59. The molecule has 0 aromatic carbocycles. The molecule has 0 unspecified atom stereocenters. The fourth-order valence-corrected chi connectivity index (χ4v) is 7.05. The lowest BCUT2D eigenvalue weighted by Crippen LogP contribution is -1.76. The molecule has 0 spiro atoms. The molecule has 2 heterocycles. The topological polar surface area (TPSA) is 0 Å². The molecule has 24 heavy (non-hydrogen) atoms. The number of hydrogen-bond acceptors (Lipinski definition) is 4. The average molecular weight is 507 g/mol. The molecule has 0 bridgehead atoms. The average Bonchev–Trinajstić information content (AvgIpc) is 3.22. The van der Waals surface area contributed by atoms with Crippen LogP contribution in [0.25, 0.3) is 12.2 Å². The van der Waals surface area contributed by atoms with Crippen molar-refractivity contribution < 1.29 is 0 Å². The second kappa shape index (κ2) is 12.6. The Morgan fingerprint density at radius 3 is 1.92 bits per heavy atom. The number of hydrogen-bond donors (Lipinski definition) is 0. The zero-order chi connectivity index (χ0) is 17.0. The number of thiophene rings is 2. The molecule has 130 valence electrons. The molecule has 0 aliphatic heterocycles. The van der Waals surface area contributed by atoms with E-state index in [1.54, 1.807) is 0 Å². The SMILES string of the molecule is CCCCSc1ccc(C=CC=Cc2ccc(SCCCI)s2)s1. The standard InChI is InChI=1S/C19H23IS4/c1-2-3-14-21-18-11-9-16(23-18)7-4-5-8-17-10-12-19(24-17)22-15-6-13-20/h4-5,7-12H,2-3,6,13-15H2,1H3. The van der Waals surface area contributed by atoms with Crippen LogP contribution < -0.4 is 0 Å². The third kappa shape index (κ3) is 8.13. The number of alkyl halides is 1. The van der Waals surface area contributed by atoms with Crippen LogP contribution in [0.15, 0.2) is 44.8 Å². The second-order valence-corrected chi connectivity index (χ2v) is 11.2. The first-order chi connectivity index (χ1) is 11.8. The van der Waals surface area contributed by atoms with E-state index in [2.05, 4.69) is 78.1 Å². The van der Waals surface area contributed by atoms with Crippen LogP contribution >= 0.6 is 68.8 Å². The molecular weight excluding hydrogens is 483 g/mol. The van der Waals surface area contributed by atoms with Crippen molar-refractivity contribution in [2.75, 3.05) is 15.9 Å². The lowest BCUT2D eigenvalue weighted by atomic mass is 10.3. The van der Waals surface area contributed by atoms with Crippen molar-refractivity contribution in [1.29, 1.82) is 0 Å². The molecule has 0 N–H and O–H groups in total. The Balaban J connectivity index is 1.77. The van der Waals surface area contributed by atoms with Gasteiger partial charge in [0.15, 0.2) is 0 Å². The van der Waals surface area contributed by atoms with Gasteiger partial charge >= 0.3 is 0 Å². The molecule has 0 saturated heterocycles. The van der Waals surface area contributed by atoms with Gasteiger partial charge in [-0.05, 0) is 60.8 Å². The summed E-state index contributed by atoms with van der Waals surface area (Å²) in [5.41, 5.74) is 0. The fraction of sp³-hybridized carbons (Fsp3) is 0.368. The third-order valence-electron chi connectivity index (χ3n) is 3.10. The number of halogens is 1. The highest BCUT2D eigenvalue weighted by atomic mass is 127. The zero-order valence-electron chi connectivity index (χ0n) is 13.9. The van der Waals surface area contributed by atoms with Gasteiger partial charge in [0, 0.05) is 14.2 Å². The van der Waals surface area contributed by atoms with E-state index in [0.29, 0.717) is 0 Å². The monoisotopic (exact) mass is 506 g/mol. The first kappa shape index (κ1) is 20.6. The maximum absolute atomic E-state index is 2.44. The van der Waals surface area contributed by atoms with Gasteiger partial charge in [-0.3, -0.25) is 0 Å². The van der Waals surface area contributed by atoms with E-state index < -0.39 is 0 Å². The van der Waals surface area contributed by atoms with Crippen LogP contribution in [0.4, 0.5) is 0 Å². The van der Waals surface area contributed by atoms with E-state index in [-0.39, 0.29) is 0 Å². The van der Waals surface area contributed by atoms with Crippen molar-refractivity contribution in [3.8, 4) is 0 Å². The number of allylic oxidation sites excluding steroid dienone is 2. The molecule has 0 atom stereocenters. The minimum Gasteiger partial charge on any atom is -0.129 e. The highest BCUT2D eigenvalue weighted by Crippen LogP contribution is 2.30. The maximum atomic E-state index is 2.44. The van der Waals surface area contributed by atoms with Crippen LogP contribution in [-0.2, 0) is 0 Å². The van der Waals surface area contributed by atoms with Crippen LogP contribution in [0, 0.1) is 0 Å². The molecule has 2 rings (SSSR count). The summed E-state index contributed by atoms with van der Waals surface area (Å²) in [7, 11) is 0. The summed E-state index contributed by atoms with van der Waals surface area (Å²) in [5.74, 6) is 2.46. The minimum atomic E-state index is 1.23. The molecule has 0 aliphatic rings. The molecule has 0 saturated carbocycles. The molecular formula is C19H23IS4. The number of thioether (sulfide) groups is 2. The van der Waals surface area contributed by atoms with Gasteiger partial charge in [-0.25, -0.2) is 0 Å². The summed E-state index contributed by atoms with van der Waals surface area (Å²) in [4.78, 5) is 2.67. The first-order valence-electron chi connectivity index (χ1n) is 8.18. The molecule has 2 aromatic rings. The minimum absolute atomic E-state index is 1.23. The van der Waals surface area contributed by atoms with E-state index in [4.69, 9.17) is 0 Å². The summed E-state index contributed by atoms with van der Waals surface area (Å²) in [6.45, 7) is 2.25. The van der Waals surface area contributed by atoms with Crippen LogP contribution in [0.1, 0.15) is 35.9 Å². The van der Waals surface area contributed by atoms with E-state index >= 15 is 0 Å². The van der Waals surface area contributed by atoms with Gasteiger partial charge < -0.3 is 0 Å². The lowest BCUT2D eigenvalue weighted by molar-refractivity contribution is 0.896. The predicted octanol–water partition coefficient (Wildman–Crippen LogP) is 8.35. The van der Waals surface area contributed by atoms with Crippen molar-refractivity contribution in [2.24, 2.45) is 0 Å². The van der Waals surface area contributed by atoms with Crippen LogP contribution in [-0.4, -0.2) is 15.9 Å². The van der Waals surface area contributed by atoms with Gasteiger partial charge in [0.05, 0.1) is 8.42 Å². The maximum Gasteiger partial charge on any atom is 0.0604 e. The highest BCUT2D eigenvalue weighted by Gasteiger charge is 1.99. The van der Waals surface area contributed by atoms with Crippen molar-refractivity contribution in [2.45, 2.75) is 34.6 Å². The molecule has 0 amide bonds. The summed E-state index contributed by atoms with van der Waals surface area (Å²) in [5, 5.41) is 0. The van der Waals surface area contributed by atoms with Crippen LogP contribution in [0.3, 0.4) is 0 Å². The van der Waals surface area contributed by atoms with Gasteiger partial charge in [0.2, 0.25) is 0 Å². The van der Waals surface area contributed by atoms with Gasteiger partial charge in [-0.15, -0.1) is 46.2 Å². The van der Waals surface area contributed by atoms with Crippen molar-refractivity contribution in [3.05, 3.63) is 46.2 Å². The fourth-order valence-electron chi connectivity index (χ4n) is 1.85. The van der Waals surface area contributed by atoms with Crippen molar-refractivity contribution in [1.82, 2.24) is 0 Å². The molecule has 2 aromatic heterocycles. The zero-order valence-corrected chi connectivity index (χ0v) is 19.3. The quantitative estimate of drug-likeness (QED) is 0.0988. The first-order valence-corrected chi connectivity index (χ1v) is 13.3. The number of rotatable bonds is 11. The van der Waals surface area contributed by atoms with E-state index in [1.807, 2.05) is 46.2 Å². The van der Waals surface area contributed by atoms with E-state index in [0.717, 1.165) is 0 Å². The summed E-state index contributed by atoms with van der Waals surface area (Å²) >= 11 is 10.2. The Kier molecular flexibility index (Phi) is 10.9. The Bertz CT molecular complexity index is 583. The van der Waals surface area contributed by atoms with E-state index in [9.17, 15) is 0 Å². The molecule has 0 radical (unpaired) electrons. The van der Waals surface area contributed by atoms with Crippen LogP contribution in [0.2, 0.25) is 0 Å². The Labute approximate surface area is 176 Å². The summed E-state index contributed by atoms with van der Waals surface area (Å²) in [6, 6.07) is 8.92. The Hall–Kier alpha value is 0.310. The van der Waals surface area contributed by atoms with Gasteiger partial charge in [-0.1, -0.05) is 48.1 Å². The lowest BCUT2D eigenvalue weighted by Gasteiger charge is -1.94. The van der Waals surface area contributed by atoms with Crippen LogP contribution in [0.5, 0.6) is 0 Å². The largest absolute Gasteiger partial charge is 0.129 e. The molecule has 5 heteroatoms. The predicted molar refractivity (Wildman–Crippen MR) is 127 cm³/mol. The normalized spacial score (nSPS) is 11.9. The second-order valence-electron chi connectivity index (χ2n) is 5.12. The molecule has 0 nitrogen and oxygen atoms in total. The summed E-state index contributed by atoms with van der Waals surface area (Å²) in [6.07, 6.45) is 12.6. The van der Waals surface area contributed by atoms with E-state index in [1.165, 1.54) is 53.4 Å².